The molecule has 4 nitrogen and oxygen atoms in total. The third kappa shape index (κ3) is 4.27. The number of carboxylic acid groups (broad SMARTS) is 1. The quantitative estimate of drug-likeness (QED) is 0.899. The van der Waals surface area contributed by atoms with Crippen molar-refractivity contribution in [2.45, 2.75) is 25.7 Å². The molecule has 2 rings (SSSR count). The Kier molecular flexibility index (Phi) is 5.33. The van der Waals surface area contributed by atoms with Crippen molar-refractivity contribution in [3.63, 3.8) is 0 Å². The fourth-order valence-corrected chi connectivity index (χ4v) is 2.81. The van der Waals surface area contributed by atoms with Crippen LogP contribution in [0.3, 0.4) is 0 Å². The van der Waals surface area contributed by atoms with E-state index in [4.69, 9.17) is 5.11 Å². The Morgan fingerprint density at radius 3 is 2.57 bits per heavy atom. The maximum absolute atomic E-state index is 13.5. The van der Waals surface area contributed by atoms with Crippen LogP contribution in [0.25, 0.3) is 0 Å². The third-order valence-corrected chi connectivity index (χ3v) is 4.48. The van der Waals surface area contributed by atoms with Crippen molar-refractivity contribution in [1.29, 1.82) is 0 Å². The average Bonchev–Trinajstić information content (AvgIpc) is 2.48. The zero-order valence-electron chi connectivity index (χ0n) is 11.5. The van der Waals surface area contributed by atoms with Gasteiger partial charge in [-0.25, -0.2) is 4.39 Å². The highest BCUT2D eigenvalue weighted by Crippen LogP contribution is 2.24. The van der Waals surface area contributed by atoms with Crippen LogP contribution in [0.1, 0.15) is 36.0 Å². The molecular weight excluding hydrogens is 341 g/mol. The minimum Gasteiger partial charge on any atom is -0.481 e. The molecule has 1 aliphatic rings. The van der Waals surface area contributed by atoms with Gasteiger partial charge in [-0.1, -0.05) is 0 Å². The molecule has 1 amide bonds. The first kappa shape index (κ1) is 15.9. The fraction of sp³-hybridized carbons (Fsp3) is 0.467. The van der Waals surface area contributed by atoms with E-state index in [0.29, 0.717) is 35.5 Å². The molecule has 1 heterocycles. The molecule has 21 heavy (non-hydrogen) atoms. The van der Waals surface area contributed by atoms with Gasteiger partial charge in [0.15, 0.2) is 0 Å². The van der Waals surface area contributed by atoms with E-state index < -0.39 is 11.8 Å². The summed E-state index contributed by atoms with van der Waals surface area (Å²) in [7, 11) is 0. The molecule has 1 N–H and O–H groups in total. The van der Waals surface area contributed by atoms with Gasteiger partial charge in [0.25, 0.3) is 5.91 Å². The number of benzene rings is 1. The zero-order valence-corrected chi connectivity index (χ0v) is 13.1. The summed E-state index contributed by atoms with van der Waals surface area (Å²) in [4.78, 5) is 24.5. The van der Waals surface area contributed by atoms with Crippen molar-refractivity contribution < 1.29 is 19.1 Å². The average molecular weight is 358 g/mol. The van der Waals surface area contributed by atoms with Crippen molar-refractivity contribution in [2.75, 3.05) is 13.1 Å². The van der Waals surface area contributed by atoms with Gasteiger partial charge in [0, 0.05) is 25.1 Å². The SMILES string of the molecule is O=C(O)CCC1CCN(C(=O)c2ccc(Br)c(F)c2)CC1. The van der Waals surface area contributed by atoms with Gasteiger partial charge >= 0.3 is 5.97 Å². The summed E-state index contributed by atoms with van der Waals surface area (Å²) in [6, 6.07) is 4.37. The highest BCUT2D eigenvalue weighted by Gasteiger charge is 2.24. The normalized spacial score (nSPS) is 16.0. The Bertz CT molecular complexity index is 542. The minimum atomic E-state index is -0.779. The number of carboxylic acids is 1. The van der Waals surface area contributed by atoms with Gasteiger partial charge in [-0.05, 0) is 59.3 Å². The number of halogens is 2. The third-order valence-electron chi connectivity index (χ3n) is 3.83. The van der Waals surface area contributed by atoms with Crippen molar-refractivity contribution >= 4 is 27.8 Å². The number of likely N-dealkylation sites (tertiary alicyclic amines) is 1. The van der Waals surface area contributed by atoms with E-state index in [2.05, 4.69) is 15.9 Å². The summed E-state index contributed by atoms with van der Waals surface area (Å²) in [5.74, 6) is -1.04. The number of piperidine rings is 1. The predicted molar refractivity (Wildman–Crippen MR) is 79.6 cm³/mol. The number of aliphatic carboxylic acids is 1. The van der Waals surface area contributed by atoms with E-state index in [1.54, 1.807) is 11.0 Å². The number of carbonyl (C=O) groups is 2. The van der Waals surface area contributed by atoms with Crippen LogP contribution in [0.2, 0.25) is 0 Å². The first-order chi connectivity index (χ1) is 9.97. The number of carbonyl (C=O) groups excluding carboxylic acids is 1. The molecule has 0 atom stereocenters. The largest absolute Gasteiger partial charge is 0.481 e. The monoisotopic (exact) mass is 357 g/mol. The summed E-state index contributed by atoms with van der Waals surface area (Å²) < 4.78 is 13.8. The number of hydrogen-bond acceptors (Lipinski definition) is 2. The van der Waals surface area contributed by atoms with E-state index in [1.165, 1.54) is 12.1 Å². The topological polar surface area (TPSA) is 57.6 Å². The highest BCUT2D eigenvalue weighted by molar-refractivity contribution is 9.10. The van der Waals surface area contributed by atoms with Crippen molar-refractivity contribution in [2.24, 2.45) is 5.92 Å². The van der Waals surface area contributed by atoms with E-state index in [-0.39, 0.29) is 12.3 Å². The van der Waals surface area contributed by atoms with E-state index in [9.17, 15) is 14.0 Å². The van der Waals surface area contributed by atoms with Gasteiger partial charge in [0.05, 0.1) is 4.47 Å². The Morgan fingerprint density at radius 1 is 1.33 bits per heavy atom. The van der Waals surface area contributed by atoms with Gasteiger partial charge in [-0.2, -0.15) is 0 Å². The van der Waals surface area contributed by atoms with Gasteiger partial charge in [0.2, 0.25) is 0 Å². The van der Waals surface area contributed by atoms with E-state index in [0.717, 1.165) is 12.8 Å². The first-order valence-electron chi connectivity index (χ1n) is 6.93. The second kappa shape index (κ2) is 7.02. The van der Waals surface area contributed by atoms with Crippen LogP contribution in [-0.4, -0.2) is 35.0 Å². The lowest BCUT2D eigenvalue weighted by atomic mass is 9.92. The second-order valence-electron chi connectivity index (χ2n) is 5.30. The van der Waals surface area contributed by atoms with Crippen LogP contribution in [0.15, 0.2) is 22.7 Å². The molecule has 0 spiro atoms. The molecule has 1 fully saturated rings. The van der Waals surface area contributed by atoms with Gasteiger partial charge < -0.3 is 10.0 Å². The van der Waals surface area contributed by atoms with Crippen LogP contribution < -0.4 is 0 Å². The van der Waals surface area contributed by atoms with Crippen LogP contribution in [0.4, 0.5) is 4.39 Å². The van der Waals surface area contributed by atoms with E-state index in [1.807, 2.05) is 0 Å². The summed E-state index contributed by atoms with van der Waals surface area (Å²) in [6.45, 7) is 1.20. The molecule has 0 unspecified atom stereocenters. The molecule has 0 aromatic heterocycles. The van der Waals surface area contributed by atoms with E-state index >= 15 is 0 Å². The van der Waals surface area contributed by atoms with Crippen LogP contribution in [0, 0.1) is 11.7 Å². The zero-order chi connectivity index (χ0) is 15.4. The molecule has 1 aromatic rings. The summed E-state index contributed by atoms with van der Waals surface area (Å²) in [5, 5.41) is 8.68. The molecule has 0 saturated carbocycles. The maximum Gasteiger partial charge on any atom is 0.303 e. The van der Waals surface area contributed by atoms with Crippen LogP contribution >= 0.6 is 15.9 Å². The molecule has 1 saturated heterocycles. The lowest BCUT2D eigenvalue weighted by Gasteiger charge is -2.32. The lowest BCUT2D eigenvalue weighted by molar-refractivity contribution is -0.137. The number of hydrogen-bond donors (Lipinski definition) is 1. The molecule has 114 valence electrons. The van der Waals surface area contributed by atoms with Crippen LogP contribution in [-0.2, 0) is 4.79 Å². The second-order valence-corrected chi connectivity index (χ2v) is 6.15. The summed E-state index contributed by atoms with van der Waals surface area (Å²) >= 11 is 3.06. The van der Waals surface area contributed by atoms with Gasteiger partial charge in [-0.3, -0.25) is 9.59 Å². The first-order valence-corrected chi connectivity index (χ1v) is 7.73. The van der Waals surface area contributed by atoms with Crippen LogP contribution in [0.5, 0.6) is 0 Å². The molecular formula is C15H17BrFNO3. The Labute approximate surface area is 131 Å². The fourth-order valence-electron chi connectivity index (χ4n) is 2.56. The Hall–Kier alpha value is -1.43. The van der Waals surface area contributed by atoms with Gasteiger partial charge in [0.1, 0.15) is 5.82 Å². The number of amides is 1. The van der Waals surface area contributed by atoms with Crippen molar-refractivity contribution in [1.82, 2.24) is 4.90 Å². The Balaban J connectivity index is 1.90. The smallest absolute Gasteiger partial charge is 0.303 e. The number of nitrogens with zero attached hydrogens (tertiary/aromatic N) is 1. The lowest BCUT2D eigenvalue weighted by Crippen LogP contribution is -2.38. The molecule has 0 aliphatic carbocycles. The standard InChI is InChI=1S/C15H17BrFNO3/c16-12-3-2-11(9-13(12)17)15(21)18-7-5-10(6-8-18)1-4-14(19)20/h2-3,9-10H,1,4-8H2,(H,19,20). The maximum atomic E-state index is 13.5. The summed E-state index contributed by atoms with van der Waals surface area (Å²) in [6.07, 6.45) is 2.44. The summed E-state index contributed by atoms with van der Waals surface area (Å²) in [5.41, 5.74) is 0.347. The molecule has 6 heteroatoms. The number of rotatable bonds is 4. The Morgan fingerprint density at radius 2 is 2.00 bits per heavy atom. The minimum absolute atomic E-state index is 0.168. The van der Waals surface area contributed by atoms with Crippen molar-refractivity contribution in [3.8, 4) is 0 Å². The molecule has 0 bridgehead atoms. The molecule has 0 radical (unpaired) electrons. The molecule has 1 aliphatic heterocycles. The van der Waals surface area contributed by atoms with Gasteiger partial charge in [-0.15, -0.1) is 0 Å². The molecule has 1 aromatic carbocycles. The van der Waals surface area contributed by atoms with Crippen molar-refractivity contribution in [3.05, 3.63) is 34.1 Å². The highest BCUT2D eigenvalue weighted by atomic mass is 79.9. The predicted octanol–water partition coefficient (Wildman–Crippen LogP) is 3.31.